The van der Waals surface area contributed by atoms with Gasteiger partial charge in [0.15, 0.2) is 0 Å². The molecule has 0 aromatic rings. The van der Waals surface area contributed by atoms with Crippen LogP contribution in [0.3, 0.4) is 0 Å². The molecule has 0 fully saturated rings. The molecule has 4 rings (SSSR count). The van der Waals surface area contributed by atoms with Gasteiger partial charge in [-0.05, 0) is 36.8 Å². The summed E-state index contributed by atoms with van der Waals surface area (Å²) in [6.07, 6.45) is 32.1. The summed E-state index contributed by atoms with van der Waals surface area (Å²) in [5, 5.41) is 0. The molecule has 0 radical (unpaired) electrons. The first kappa shape index (κ1) is 13.6. The first-order valence-corrected chi connectivity index (χ1v) is 8.43. The van der Waals surface area contributed by atoms with Crippen LogP contribution in [0.15, 0.2) is 95.2 Å². The predicted octanol–water partition coefficient (Wildman–Crippen LogP) is 5.76. The monoisotopic (exact) mass is 286 g/mol. The van der Waals surface area contributed by atoms with Gasteiger partial charge in [0.1, 0.15) is 0 Å². The average Bonchev–Trinajstić information content (AvgIpc) is 3.16. The summed E-state index contributed by atoms with van der Waals surface area (Å²) in [7, 11) is 0. The summed E-state index contributed by atoms with van der Waals surface area (Å²) < 4.78 is 0. The Morgan fingerprint density at radius 2 is 1.09 bits per heavy atom. The number of hydrogen-bond donors (Lipinski definition) is 0. The number of unbranched alkanes of at least 4 members (excludes halogenated alkanes) is 1. The molecule has 110 valence electrons. The van der Waals surface area contributed by atoms with Crippen molar-refractivity contribution in [1.29, 1.82) is 0 Å². The lowest BCUT2D eigenvalue weighted by molar-refractivity contribution is 0.677. The lowest BCUT2D eigenvalue weighted by Crippen LogP contribution is -2.03. The Morgan fingerprint density at radius 3 is 1.59 bits per heavy atom. The Balaban J connectivity index is 1.24. The van der Waals surface area contributed by atoms with Crippen molar-refractivity contribution in [2.45, 2.75) is 25.7 Å². The molecular weight excluding hydrogens is 264 g/mol. The van der Waals surface area contributed by atoms with Gasteiger partial charge in [-0.25, -0.2) is 0 Å². The third-order valence-electron chi connectivity index (χ3n) is 5.08. The lowest BCUT2D eigenvalue weighted by Gasteiger charge is -2.17. The van der Waals surface area contributed by atoms with Gasteiger partial charge in [0.05, 0.1) is 0 Å². The van der Waals surface area contributed by atoms with Crippen LogP contribution in [0, 0.1) is 11.8 Å². The number of allylic oxidation sites excluding steroid dienone is 16. The zero-order valence-electron chi connectivity index (χ0n) is 12.9. The van der Waals surface area contributed by atoms with E-state index in [0.29, 0.717) is 11.8 Å². The third kappa shape index (κ3) is 2.54. The maximum Gasteiger partial charge on any atom is 0.0234 e. The van der Waals surface area contributed by atoms with E-state index in [9.17, 15) is 0 Å². The molecule has 2 unspecified atom stereocenters. The minimum atomic E-state index is 0.565. The van der Waals surface area contributed by atoms with Crippen molar-refractivity contribution < 1.29 is 0 Å². The van der Waals surface area contributed by atoms with Gasteiger partial charge in [0.25, 0.3) is 0 Å². The van der Waals surface area contributed by atoms with E-state index in [1.54, 1.807) is 11.1 Å². The Bertz CT molecular complexity index is 636. The molecule has 0 amide bonds. The molecule has 4 aliphatic rings. The largest absolute Gasteiger partial charge is 0.0730 e. The van der Waals surface area contributed by atoms with Crippen molar-refractivity contribution in [3.8, 4) is 0 Å². The highest BCUT2D eigenvalue weighted by Gasteiger charge is 2.21. The third-order valence-corrected chi connectivity index (χ3v) is 5.08. The van der Waals surface area contributed by atoms with Crippen LogP contribution in [-0.2, 0) is 0 Å². The molecule has 4 aliphatic carbocycles. The van der Waals surface area contributed by atoms with E-state index >= 15 is 0 Å². The highest BCUT2D eigenvalue weighted by atomic mass is 14.3. The zero-order chi connectivity index (χ0) is 14.8. The fourth-order valence-electron chi connectivity index (χ4n) is 3.86. The van der Waals surface area contributed by atoms with Crippen LogP contribution in [-0.4, -0.2) is 0 Å². The molecule has 0 aliphatic heterocycles. The Morgan fingerprint density at radius 1 is 0.591 bits per heavy atom. The van der Waals surface area contributed by atoms with Crippen LogP contribution in [0.1, 0.15) is 25.7 Å². The molecule has 0 saturated carbocycles. The molecule has 2 atom stereocenters. The maximum absolute atomic E-state index is 2.34. The van der Waals surface area contributed by atoms with Crippen LogP contribution in [0.4, 0.5) is 0 Å². The van der Waals surface area contributed by atoms with E-state index < -0.39 is 0 Å². The van der Waals surface area contributed by atoms with E-state index in [4.69, 9.17) is 0 Å². The first-order chi connectivity index (χ1) is 10.9. The van der Waals surface area contributed by atoms with Crippen molar-refractivity contribution in [2.75, 3.05) is 0 Å². The Labute approximate surface area is 133 Å². The minimum absolute atomic E-state index is 0.565. The first-order valence-electron chi connectivity index (χ1n) is 8.43. The van der Waals surface area contributed by atoms with Gasteiger partial charge >= 0.3 is 0 Å². The second-order valence-electron chi connectivity index (χ2n) is 6.47. The Kier molecular flexibility index (Phi) is 3.68. The van der Waals surface area contributed by atoms with Crippen molar-refractivity contribution in [1.82, 2.24) is 0 Å². The normalized spacial score (nSPS) is 27.3. The van der Waals surface area contributed by atoms with Crippen LogP contribution >= 0.6 is 0 Å². The van der Waals surface area contributed by atoms with Gasteiger partial charge in [0.2, 0.25) is 0 Å². The van der Waals surface area contributed by atoms with Crippen LogP contribution in [0.5, 0.6) is 0 Å². The summed E-state index contributed by atoms with van der Waals surface area (Å²) in [5.74, 6) is 1.13. The maximum atomic E-state index is 2.34. The molecule has 0 nitrogen and oxygen atoms in total. The average molecular weight is 286 g/mol. The van der Waals surface area contributed by atoms with Crippen molar-refractivity contribution in [3.05, 3.63) is 95.2 Å². The fraction of sp³-hybridized carbons (Fsp3) is 0.273. The van der Waals surface area contributed by atoms with Crippen molar-refractivity contribution in [3.63, 3.8) is 0 Å². The molecule has 22 heavy (non-hydrogen) atoms. The summed E-state index contributed by atoms with van der Waals surface area (Å²) in [4.78, 5) is 0. The lowest BCUT2D eigenvalue weighted by atomic mass is 9.87. The SMILES string of the molecule is C1=CC2=CC=C(CCCCC3=CC=C4C=CC=CC43)C2C=C1. The topological polar surface area (TPSA) is 0 Å². The predicted molar refractivity (Wildman–Crippen MR) is 94.3 cm³/mol. The van der Waals surface area contributed by atoms with E-state index in [2.05, 4.69) is 72.9 Å². The molecule has 0 aromatic carbocycles. The number of hydrogen-bond acceptors (Lipinski definition) is 0. The van der Waals surface area contributed by atoms with E-state index in [-0.39, 0.29) is 0 Å². The summed E-state index contributed by atoms with van der Waals surface area (Å²) in [6, 6.07) is 0. The van der Waals surface area contributed by atoms with Gasteiger partial charge in [0, 0.05) is 11.8 Å². The molecule has 0 N–H and O–H groups in total. The molecule has 0 saturated heterocycles. The smallest absolute Gasteiger partial charge is 0.0234 e. The van der Waals surface area contributed by atoms with Gasteiger partial charge < -0.3 is 0 Å². The van der Waals surface area contributed by atoms with Crippen LogP contribution < -0.4 is 0 Å². The zero-order valence-corrected chi connectivity index (χ0v) is 12.9. The van der Waals surface area contributed by atoms with Crippen LogP contribution in [0.2, 0.25) is 0 Å². The molecule has 0 heteroatoms. The van der Waals surface area contributed by atoms with Gasteiger partial charge in [-0.1, -0.05) is 84.1 Å². The highest BCUT2D eigenvalue weighted by Crippen LogP contribution is 2.36. The molecule has 0 aromatic heterocycles. The number of fused-ring (bicyclic) bond motifs is 2. The second kappa shape index (κ2) is 5.96. The summed E-state index contributed by atoms with van der Waals surface area (Å²) in [5.41, 5.74) is 6.11. The standard InChI is InChI=1S/C22H22/c1(7-17-13-15-19-9-3-5-11-21(17)19)2-8-18-14-16-20-10-4-6-12-22(18)20/h3-6,9-16,21-22H,1-2,7-8H2. The van der Waals surface area contributed by atoms with Gasteiger partial charge in [-0.15, -0.1) is 0 Å². The van der Waals surface area contributed by atoms with Crippen molar-refractivity contribution >= 4 is 0 Å². The van der Waals surface area contributed by atoms with Gasteiger partial charge in [-0.3, -0.25) is 0 Å². The Hall–Kier alpha value is -2.08. The van der Waals surface area contributed by atoms with Crippen molar-refractivity contribution in [2.24, 2.45) is 11.8 Å². The van der Waals surface area contributed by atoms with E-state index in [1.165, 1.54) is 36.8 Å². The molecule has 0 spiro atoms. The van der Waals surface area contributed by atoms with E-state index in [1.807, 2.05) is 0 Å². The van der Waals surface area contributed by atoms with E-state index in [0.717, 1.165) is 0 Å². The molecular formula is C22H22. The second-order valence-corrected chi connectivity index (χ2v) is 6.47. The fourth-order valence-corrected chi connectivity index (χ4v) is 3.86. The number of rotatable bonds is 5. The van der Waals surface area contributed by atoms with Crippen LogP contribution in [0.25, 0.3) is 0 Å². The molecule has 0 bridgehead atoms. The summed E-state index contributed by atoms with van der Waals surface area (Å²) in [6.45, 7) is 0. The quantitative estimate of drug-likeness (QED) is 0.563. The minimum Gasteiger partial charge on any atom is -0.0730 e. The van der Waals surface area contributed by atoms with Gasteiger partial charge in [-0.2, -0.15) is 0 Å². The highest BCUT2D eigenvalue weighted by molar-refractivity contribution is 5.48. The summed E-state index contributed by atoms with van der Waals surface area (Å²) >= 11 is 0. The molecule has 0 heterocycles.